The Bertz CT molecular complexity index is 408. The number of nitrogens with zero attached hydrogens (tertiary/aromatic N) is 1. The average Bonchev–Trinajstić information content (AvgIpc) is 2.55. The number of benzene rings is 1. The lowest BCUT2D eigenvalue weighted by Gasteiger charge is -2.24. The second kappa shape index (κ2) is 4.44. The summed E-state index contributed by atoms with van der Waals surface area (Å²) in [5, 5.41) is 9.95. The van der Waals surface area contributed by atoms with Crippen molar-refractivity contribution < 1.29 is 9.90 Å². The van der Waals surface area contributed by atoms with E-state index in [1.807, 2.05) is 18.2 Å². The van der Waals surface area contributed by atoms with Crippen molar-refractivity contribution in [1.29, 1.82) is 0 Å². The molecule has 0 radical (unpaired) electrons. The summed E-state index contributed by atoms with van der Waals surface area (Å²) in [6.45, 7) is 0.0211. The number of likely N-dealkylation sites (tertiary alicyclic amines) is 1. The van der Waals surface area contributed by atoms with Gasteiger partial charge in [0.05, 0.1) is 6.04 Å². The maximum Gasteiger partial charge on any atom is 0.223 e. The van der Waals surface area contributed by atoms with Crippen molar-refractivity contribution in [2.24, 2.45) is 5.92 Å². The van der Waals surface area contributed by atoms with E-state index in [1.54, 1.807) is 18.0 Å². The number of halogens is 1. The Morgan fingerprint density at radius 1 is 1.56 bits per heavy atom. The van der Waals surface area contributed by atoms with Crippen LogP contribution < -0.4 is 0 Å². The molecule has 0 spiro atoms. The van der Waals surface area contributed by atoms with Crippen molar-refractivity contribution in [2.75, 3.05) is 13.7 Å². The van der Waals surface area contributed by atoms with Gasteiger partial charge in [-0.3, -0.25) is 4.79 Å². The molecular weight excluding hydrogens is 226 g/mol. The van der Waals surface area contributed by atoms with Crippen LogP contribution in [0.15, 0.2) is 24.3 Å². The maximum absolute atomic E-state index is 11.6. The fraction of sp³-hybridized carbons (Fsp3) is 0.417. The molecule has 1 N–H and O–H groups in total. The first kappa shape index (κ1) is 11.4. The summed E-state index contributed by atoms with van der Waals surface area (Å²) in [5.41, 5.74) is 0.986. The molecule has 0 aliphatic carbocycles. The Morgan fingerprint density at radius 3 is 2.94 bits per heavy atom. The maximum atomic E-state index is 11.6. The molecule has 1 aromatic carbocycles. The molecule has 3 nitrogen and oxygen atoms in total. The van der Waals surface area contributed by atoms with E-state index in [1.165, 1.54) is 0 Å². The van der Waals surface area contributed by atoms with Gasteiger partial charge >= 0.3 is 0 Å². The molecule has 1 aromatic rings. The molecule has 2 atom stereocenters. The molecular formula is C12H14ClNO2. The number of carbonyl (C=O) groups excluding carboxylic acids is 1. The Kier molecular flexibility index (Phi) is 3.17. The van der Waals surface area contributed by atoms with Gasteiger partial charge < -0.3 is 10.0 Å². The lowest BCUT2D eigenvalue weighted by Crippen LogP contribution is -2.25. The van der Waals surface area contributed by atoms with Crippen LogP contribution in [-0.2, 0) is 4.79 Å². The van der Waals surface area contributed by atoms with Gasteiger partial charge in [0.25, 0.3) is 0 Å². The van der Waals surface area contributed by atoms with Crippen LogP contribution in [0.25, 0.3) is 0 Å². The third-order valence-corrected chi connectivity index (χ3v) is 3.35. The van der Waals surface area contributed by atoms with Crippen LogP contribution in [0.5, 0.6) is 0 Å². The highest BCUT2D eigenvalue weighted by Gasteiger charge is 2.37. The van der Waals surface area contributed by atoms with Crippen molar-refractivity contribution in [3.8, 4) is 0 Å². The van der Waals surface area contributed by atoms with E-state index in [0.29, 0.717) is 11.4 Å². The van der Waals surface area contributed by atoms with Gasteiger partial charge in [0.15, 0.2) is 0 Å². The van der Waals surface area contributed by atoms with Crippen LogP contribution in [0.2, 0.25) is 5.02 Å². The summed E-state index contributed by atoms with van der Waals surface area (Å²) in [6.07, 6.45) is 0.407. The van der Waals surface area contributed by atoms with Crippen molar-refractivity contribution >= 4 is 17.5 Å². The minimum absolute atomic E-state index is 0.0211. The Morgan fingerprint density at radius 2 is 2.31 bits per heavy atom. The van der Waals surface area contributed by atoms with Crippen molar-refractivity contribution in [1.82, 2.24) is 4.90 Å². The second-order valence-electron chi connectivity index (χ2n) is 4.15. The molecule has 1 saturated heterocycles. The molecule has 1 heterocycles. The van der Waals surface area contributed by atoms with Crippen LogP contribution in [0.1, 0.15) is 18.0 Å². The molecule has 1 amide bonds. The van der Waals surface area contributed by atoms with Crippen LogP contribution in [-0.4, -0.2) is 29.6 Å². The molecule has 16 heavy (non-hydrogen) atoms. The quantitative estimate of drug-likeness (QED) is 0.856. The van der Waals surface area contributed by atoms with E-state index in [0.717, 1.165) is 5.56 Å². The number of hydrogen-bond donors (Lipinski definition) is 1. The highest BCUT2D eigenvalue weighted by atomic mass is 35.5. The highest BCUT2D eigenvalue weighted by Crippen LogP contribution is 2.37. The summed E-state index contributed by atoms with van der Waals surface area (Å²) in [6, 6.07) is 7.40. The number of hydrogen-bond acceptors (Lipinski definition) is 2. The molecule has 0 aromatic heterocycles. The summed E-state index contributed by atoms with van der Waals surface area (Å²) in [4.78, 5) is 13.3. The van der Waals surface area contributed by atoms with Crippen LogP contribution in [0.3, 0.4) is 0 Å². The third-order valence-electron chi connectivity index (χ3n) is 3.12. The predicted octanol–water partition coefficient (Wildman–Crippen LogP) is 1.85. The topological polar surface area (TPSA) is 40.5 Å². The molecule has 0 bridgehead atoms. The SMILES string of the molecule is CN1C(=O)C[C@H](CO)[C@H]1c1cccc(Cl)c1. The van der Waals surface area contributed by atoms with Gasteiger partial charge in [0, 0.05) is 31.0 Å². The summed E-state index contributed by atoms with van der Waals surface area (Å²) < 4.78 is 0. The minimum Gasteiger partial charge on any atom is -0.396 e. The molecule has 1 aliphatic rings. The van der Waals surface area contributed by atoms with Gasteiger partial charge in [-0.2, -0.15) is 0 Å². The first-order valence-corrected chi connectivity index (χ1v) is 5.63. The highest BCUT2D eigenvalue weighted by molar-refractivity contribution is 6.30. The lowest BCUT2D eigenvalue weighted by molar-refractivity contribution is -0.127. The lowest BCUT2D eigenvalue weighted by atomic mass is 9.94. The number of amides is 1. The zero-order chi connectivity index (χ0) is 11.7. The van der Waals surface area contributed by atoms with E-state index >= 15 is 0 Å². The third kappa shape index (κ3) is 1.93. The van der Waals surface area contributed by atoms with Gasteiger partial charge in [0.2, 0.25) is 5.91 Å². The van der Waals surface area contributed by atoms with Crippen molar-refractivity contribution in [3.05, 3.63) is 34.9 Å². The van der Waals surface area contributed by atoms with Crippen molar-refractivity contribution in [3.63, 3.8) is 0 Å². The molecule has 1 aliphatic heterocycles. The van der Waals surface area contributed by atoms with E-state index in [4.69, 9.17) is 11.6 Å². The molecule has 4 heteroatoms. The van der Waals surface area contributed by atoms with Gasteiger partial charge in [-0.1, -0.05) is 23.7 Å². The largest absolute Gasteiger partial charge is 0.396 e. The molecule has 0 unspecified atom stereocenters. The normalized spacial score (nSPS) is 25.2. The van der Waals surface area contributed by atoms with Crippen molar-refractivity contribution in [2.45, 2.75) is 12.5 Å². The summed E-state index contributed by atoms with van der Waals surface area (Å²) >= 11 is 5.93. The number of aliphatic hydroxyl groups excluding tert-OH is 1. The first-order valence-electron chi connectivity index (χ1n) is 5.25. The fourth-order valence-electron chi connectivity index (χ4n) is 2.30. The van der Waals surface area contributed by atoms with Crippen LogP contribution >= 0.6 is 11.6 Å². The van der Waals surface area contributed by atoms with E-state index in [-0.39, 0.29) is 24.5 Å². The minimum atomic E-state index is -0.0591. The molecule has 0 saturated carbocycles. The van der Waals surface area contributed by atoms with E-state index < -0.39 is 0 Å². The summed E-state index contributed by atoms with van der Waals surface area (Å²) in [5.74, 6) is 0.0417. The smallest absolute Gasteiger partial charge is 0.223 e. The monoisotopic (exact) mass is 239 g/mol. The molecule has 2 rings (SSSR count). The standard InChI is InChI=1S/C12H14ClNO2/c1-14-11(16)6-9(7-15)12(14)8-3-2-4-10(13)5-8/h2-5,9,12,15H,6-7H2,1H3/t9-,12-/m1/s1. The Balaban J connectivity index is 2.34. The van der Waals surface area contributed by atoms with Crippen LogP contribution in [0.4, 0.5) is 0 Å². The van der Waals surface area contributed by atoms with Gasteiger partial charge in [-0.25, -0.2) is 0 Å². The zero-order valence-corrected chi connectivity index (χ0v) is 9.81. The van der Waals surface area contributed by atoms with E-state index in [9.17, 15) is 9.90 Å². The average molecular weight is 240 g/mol. The van der Waals surface area contributed by atoms with Gasteiger partial charge in [-0.05, 0) is 17.7 Å². The predicted molar refractivity (Wildman–Crippen MR) is 62.2 cm³/mol. The Labute approximate surface area is 99.6 Å². The zero-order valence-electron chi connectivity index (χ0n) is 9.06. The number of carbonyl (C=O) groups is 1. The van der Waals surface area contributed by atoms with Gasteiger partial charge in [-0.15, -0.1) is 0 Å². The van der Waals surface area contributed by atoms with Gasteiger partial charge in [0.1, 0.15) is 0 Å². The fourth-order valence-corrected chi connectivity index (χ4v) is 2.50. The number of aliphatic hydroxyl groups is 1. The molecule has 1 fully saturated rings. The number of rotatable bonds is 2. The molecule has 86 valence electrons. The first-order chi connectivity index (χ1) is 7.63. The van der Waals surface area contributed by atoms with Crippen LogP contribution in [0, 0.1) is 5.92 Å². The second-order valence-corrected chi connectivity index (χ2v) is 4.59. The van der Waals surface area contributed by atoms with E-state index in [2.05, 4.69) is 0 Å². The Hall–Kier alpha value is -1.06. The summed E-state index contributed by atoms with van der Waals surface area (Å²) in [7, 11) is 1.77.